The maximum absolute atomic E-state index is 13.4. The van der Waals surface area contributed by atoms with Gasteiger partial charge in [0.25, 0.3) is 0 Å². The van der Waals surface area contributed by atoms with E-state index in [0.717, 1.165) is 5.56 Å². The first kappa shape index (κ1) is 27.9. The van der Waals surface area contributed by atoms with E-state index >= 15 is 0 Å². The molecule has 1 rings (SSSR count). The summed E-state index contributed by atoms with van der Waals surface area (Å²) in [6.07, 6.45) is 0. The molecule has 32 heavy (non-hydrogen) atoms. The Morgan fingerprint density at radius 3 is 2.25 bits per heavy atom. The molecule has 0 radical (unpaired) electrons. The fraction of sp³-hybridized carbons (Fsp3) is 0.680. The Hall–Kier alpha value is -2.12. The van der Waals surface area contributed by atoms with Crippen LogP contribution in [0, 0.1) is 11.3 Å². The molecule has 0 spiro atoms. The second-order valence-electron chi connectivity index (χ2n) is 10.5. The van der Waals surface area contributed by atoms with E-state index in [0.29, 0.717) is 18.2 Å². The average molecular weight is 450 g/mol. The summed E-state index contributed by atoms with van der Waals surface area (Å²) in [5.74, 6) is 0.652. The number of amides is 2. The Balaban J connectivity index is 3.16. The van der Waals surface area contributed by atoms with Gasteiger partial charge in [0.15, 0.2) is 0 Å². The maximum atomic E-state index is 13.4. The predicted octanol–water partition coefficient (Wildman–Crippen LogP) is 2.57. The number of likely N-dealkylation sites (N-methyl/N-ethyl adjacent to an activating group) is 2. The van der Waals surface area contributed by atoms with Crippen molar-refractivity contribution in [2.75, 3.05) is 33.9 Å². The van der Waals surface area contributed by atoms with Crippen molar-refractivity contribution in [2.45, 2.75) is 66.0 Å². The molecule has 182 valence electrons. The van der Waals surface area contributed by atoms with E-state index < -0.39 is 22.9 Å². The number of nitrogens with zero attached hydrogens (tertiary/aromatic N) is 1. The van der Waals surface area contributed by atoms with Crippen LogP contribution in [0.1, 0.15) is 54.0 Å². The second-order valence-corrected chi connectivity index (χ2v) is 10.5. The van der Waals surface area contributed by atoms with Crippen molar-refractivity contribution in [2.24, 2.45) is 11.3 Å². The molecule has 2 unspecified atom stereocenters. The number of carbonyl (C=O) groups excluding carboxylic acids is 2. The summed E-state index contributed by atoms with van der Waals surface area (Å²) in [5, 5.41) is 15.2. The van der Waals surface area contributed by atoms with Gasteiger partial charge in [-0.15, -0.1) is 0 Å². The van der Waals surface area contributed by atoms with Crippen molar-refractivity contribution in [3.8, 4) is 5.75 Å². The average Bonchev–Trinajstić information content (AvgIpc) is 2.69. The van der Waals surface area contributed by atoms with E-state index in [1.165, 1.54) is 0 Å². The van der Waals surface area contributed by atoms with Crippen LogP contribution in [0.2, 0.25) is 0 Å². The number of rotatable bonds is 11. The van der Waals surface area contributed by atoms with Crippen molar-refractivity contribution in [1.29, 1.82) is 0 Å². The van der Waals surface area contributed by atoms with Gasteiger partial charge in [0, 0.05) is 19.0 Å². The zero-order chi connectivity index (χ0) is 24.7. The van der Waals surface area contributed by atoms with E-state index in [9.17, 15) is 9.59 Å². The third kappa shape index (κ3) is 7.48. The molecule has 0 bridgehead atoms. The summed E-state index contributed by atoms with van der Waals surface area (Å²) in [6.45, 7) is 14.7. The molecule has 0 heterocycles. The van der Waals surface area contributed by atoms with Crippen molar-refractivity contribution < 1.29 is 19.4 Å². The lowest BCUT2D eigenvalue weighted by atomic mass is 9.76. The Kier molecular flexibility index (Phi) is 10.2. The lowest BCUT2D eigenvalue weighted by molar-refractivity contribution is -0.139. The molecule has 7 nitrogen and oxygen atoms in total. The molecule has 1 aromatic rings. The van der Waals surface area contributed by atoms with E-state index in [1.54, 1.807) is 19.0 Å². The number of benzene rings is 1. The lowest BCUT2D eigenvalue weighted by Gasteiger charge is -2.38. The third-order valence-electron chi connectivity index (χ3n) is 5.63. The SMILES string of the molecule is CNC(C(=O)NC(C(=O)N(C)CC(C)C)C(C)(C)C)C(C)(C)c1cccc(OCCO)c1. The molecule has 0 saturated heterocycles. The van der Waals surface area contributed by atoms with Crippen LogP contribution in [0.25, 0.3) is 0 Å². The predicted molar refractivity (Wildman–Crippen MR) is 129 cm³/mol. The number of aliphatic hydroxyl groups is 1. The molecule has 0 aromatic heterocycles. The molecule has 3 N–H and O–H groups in total. The minimum absolute atomic E-state index is 0.0668. The minimum Gasteiger partial charge on any atom is -0.491 e. The highest BCUT2D eigenvalue weighted by molar-refractivity contribution is 5.91. The Bertz CT molecular complexity index is 756. The van der Waals surface area contributed by atoms with Crippen LogP contribution in [0.5, 0.6) is 5.75 Å². The van der Waals surface area contributed by atoms with Gasteiger partial charge in [0.2, 0.25) is 11.8 Å². The number of aliphatic hydroxyl groups excluding tert-OH is 1. The summed E-state index contributed by atoms with van der Waals surface area (Å²) in [4.78, 5) is 28.3. The summed E-state index contributed by atoms with van der Waals surface area (Å²) in [5.41, 5.74) is -0.122. The Morgan fingerprint density at radius 1 is 1.12 bits per heavy atom. The molecule has 1 aromatic carbocycles. The van der Waals surface area contributed by atoms with Gasteiger partial charge in [-0.2, -0.15) is 0 Å². The van der Waals surface area contributed by atoms with Crippen LogP contribution in [0.4, 0.5) is 0 Å². The van der Waals surface area contributed by atoms with Gasteiger partial charge in [0.1, 0.15) is 18.4 Å². The minimum atomic E-state index is -0.648. The van der Waals surface area contributed by atoms with E-state index in [-0.39, 0.29) is 25.0 Å². The third-order valence-corrected chi connectivity index (χ3v) is 5.63. The first-order valence-electron chi connectivity index (χ1n) is 11.3. The smallest absolute Gasteiger partial charge is 0.245 e. The van der Waals surface area contributed by atoms with Crippen molar-refractivity contribution >= 4 is 11.8 Å². The van der Waals surface area contributed by atoms with Gasteiger partial charge < -0.3 is 25.4 Å². The van der Waals surface area contributed by atoms with Crippen LogP contribution in [0.15, 0.2) is 24.3 Å². The number of hydrogen-bond acceptors (Lipinski definition) is 5. The zero-order valence-corrected chi connectivity index (χ0v) is 21.3. The number of hydrogen-bond donors (Lipinski definition) is 3. The molecule has 0 fully saturated rings. The van der Waals surface area contributed by atoms with E-state index in [2.05, 4.69) is 24.5 Å². The zero-order valence-electron chi connectivity index (χ0n) is 21.3. The first-order valence-corrected chi connectivity index (χ1v) is 11.3. The van der Waals surface area contributed by atoms with Gasteiger partial charge in [-0.3, -0.25) is 9.59 Å². The molecular formula is C25H43N3O4. The van der Waals surface area contributed by atoms with E-state index in [1.807, 2.05) is 58.9 Å². The highest BCUT2D eigenvalue weighted by Crippen LogP contribution is 2.31. The summed E-state index contributed by atoms with van der Waals surface area (Å²) in [6, 6.07) is 6.30. The molecule has 0 aliphatic rings. The molecular weight excluding hydrogens is 406 g/mol. The number of carbonyl (C=O) groups is 2. The van der Waals surface area contributed by atoms with Crippen LogP contribution < -0.4 is 15.4 Å². The van der Waals surface area contributed by atoms with Gasteiger partial charge in [-0.25, -0.2) is 0 Å². The number of ether oxygens (including phenoxy) is 1. The fourth-order valence-electron chi connectivity index (χ4n) is 3.87. The summed E-state index contributed by atoms with van der Waals surface area (Å²) < 4.78 is 5.54. The normalized spacial score (nSPS) is 14.1. The summed E-state index contributed by atoms with van der Waals surface area (Å²) >= 11 is 0. The van der Waals surface area contributed by atoms with E-state index in [4.69, 9.17) is 9.84 Å². The fourth-order valence-corrected chi connectivity index (χ4v) is 3.87. The van der Waals surface area contributed by atoms with Crippen molar-refractivity contribution in [3.05, 3.63) is 29.8 Å². The summed E-state index contributed by atoms with van der Waals surface area (Å²) in [7, 11) is 3.53. The Labute approximate surface area is 193 Å². The largest absolute Gasteiger partial charge is 0.491 e. The lowest BCUT2D eigenvalue weighted by Crippen LogP contribution is -2.61. The molecule has 2 atom stereocenters. The topological polar surface area (TPSA) is 90.9 Å². The van der Waals surface area contributed by atoms with Crippen molar-refractivity contribution in [3.63, 3.8) is 0 Å². The van der Waals surface area contributed by atoms with Crippen molar-refractivity contribution in [1.82, 2.24) is 15.5 Å². The second kappa shape index (κ2) is 11.7. The molecule has 2 amide bonds. The van der Waals surface area contributed by atoms with Gasteiger partial charge in [-0.1, -0.05) is 60.6 Å². The van der Waals surface area contributed by atoms with Gasteiger partial charge >= 0.3 is 0 Å². The van der Waals surface area contributed by atoms with Gasteiger partial charge in [-0.05, 0) is 36.1 Å². The quantitative estimate of drug-likeness (QED) is 0.483. The molecule has 0 aliphatic carbocycles. The highest BCUT2D eigenvalue weighted by Gasteiger charge is 2.40. The van der Waals surface area contributed by atoms with Crippen LogP contribution in [-0.4, -0.2) is 67.8 Å². The highest BCUT2D eigenvalue weighted by atomic mass is 16.5. The maximum Gasteiger partial charge on any atom is 0.245 e. The molecule has 0 saturated carbocycles. The van der Waals surface area contributed by atoms with Crippen LogP contribution >= 0.6 is 0 Å². The monoisotopic (exact) mass is 449 g/mol. The molecule has 0 aliphatic heterocycles. The van der Waals surface area contributed by atoms with Crippen LogP contribution in [0.3, 0.4) is 0 Å². The van der Waals surface area contributed by atoms with Crippen LogP contribution in [-0.2, 0) is 15.0 Å². The molecule has 7 heteroatoms. The number of nitrogens with one attached hydrogen (secondary N) is 2. The Morgan fingerprint density at radius 2 is 1.75 bits per heavy atom. The first-order chi connectivity index (χ1) is 14.7. The standard InChI is InChI=1S/C25H43N3O4/c1-17(2)16-28(9)23(31)21(24(3,4)5)27-22(30)20(26-8)25(6,7)18-11-10-12-19(15-18)32-14-13-29/h10-12,15,17,20-21,26,29H,13-14,16H2,1-9H3,(H,27,30). The van der Waals surface area contributed by atoms with Gasteiger partial charge in [0.05, 0.1) is 12.6 Å².